The van der Waals surface area contributed by atoms with E-state index < -0.39 is 29.3 Å². The standard InChI is InChI=1S/C9H5BrF3NO3/c10-4-1-2-5(7(15)16)6(3-4)14-8(17)9(11,12)13/h1-3H,(H,14,17)(H,15,16). The summed E-state index contributed by atoms with van der Waals surface area (Å²) in [6.07, 6.45) is -5.07. The molecule has 0 bridgehead atoms. The van der Waals surface area contributed by atoms with Crippen molar-refractivity contribution in [2.45, 2.75) is 6.18 Å². The Labute approximate surface area is 102 Å². The molecular formula is C9H5BrF3NO3. The van der Waals surface area contributed by atoms with Crippen LogP contribution in [0.5, 0.6) is 0 Å². The molecule has 0 unspecified atom stereocenters. The molecule has 0 aliphatic heterocycles. The fraction of sp³-hybridized carbons (Fsp3) is 0.111. The summed E-state index contributed by atoms with van der Waals surface area (Å²) < 4.78 is 36.3. The summed E-state index contributed by atoms with van der Waals surface area (Å²) >= 11 is 2.96. The Morgan fingerprint density at radius 3 is 2.35 bits per heavy atom. The average molecular weight is 312 g/mol. The summed E-state index contributed by atoms with van der Waals surface area (Å²) in [5.74, 6) is -3.66. The van der Waals surface area contributed by atoms with Crippen molar-refractivity contribution in [3.05, 3.63) is 28.2 Å². The summed E-state index contributed by atoms with van der Waals surface area (Å²) in [4.78, 5) is 21.4. The fourth-order valence-electron chi connectivity index (χ4n) is 1.000. The maximum atomic E-state index is 12.0. The molecule has 1 amide bonds. The number of nitrogens with one attached hydrogen (secondary N) is 1. The van der Waals surface area contributed by atoms with E-state index in [2.05, 4.69) is 15.9 Å². The Balaban J connectivity index is 3.09. The number of carboxylic acid groups (broad SMARTS) is 1. The van der Waals surface area contributed by atoms with E-state index in [9.17, 15) is 22.8 Å². The summed E-state index contributed by atoms with van der Waals surface area (Å²) in [6.45, 7) is 0. The van der Waals surface area contributed by atoms with Crippen LogP contribution >= 0.6 is 15.9 Å². The van der Waals surface area contributed by atoms with Gasteiger partial charge in [0.1, 0.15) is 0 Å². The van der Waals surface area contributed by atoms with Crippen LogP contribution < -0.4 is 5.32 Å². The summed E-state index contributed by atoms with van der Waals surface area (Å²) in [6, 6.07) is 3.50. The molecular weight excluding hydrogens is 307 g/mol. The zero-order chi connectivity index (χ0) is 13.2. The Morgan fingerprint density at radius 1 is 1.29 bits per heavy atom. The van der Waals surface area contributed by atoms with Crippen LogP contribution in [0.2, 0.25) is 0 Å². The molecule has 0 aliphatic carbocycles. The van der Waals surface area contributed by atoms with Gasteiger partial charge in [-0.2, -0.15) is 13.2 Å². The van der Waals surface area contributed by atoms with Crippen molar-refractivity contribution < 1.29 is 27.9 Å². The number of carbonyl (C=O) groups is 2. The summed E-state index contributed by atoms with van der Waals surface area (Å²) in [7, 11) is 0. The van der Waals surface area contributed by atoms with Gasteiger partial charge in [-0.25, -0.2) is 4.79 Å². The molecule has 1 rings (SSSR count). The molecule has 2 N–H and O–H groups in total. The van der Waals surface area contributed by atoms with Crippen molar-refractivity contribution in [3.8, 4) is 0 Å². The maximum absolute atomic E-state index is 12.0. The van der Waals surface area contributed by atoms with Gasteiger partial charge in [-0.15, -0.1) is 0 Å². The van der Waals surface area contributed by atoms with Gasteiger partial charge >= 0.3 is 18.1 Å². The van der Waals surface area contributed by atoms with Crippen molar-refractivity contribution in [2.75, 3.05) is 5.32 Å². The van der Waals surface area contributed by atoms with E-state index in [0.717, 1.165) is 12.1 Å². The smallest absolute Gasteiger partial charge is 0.471 e. The molecule has 0 saturated heterocycles. The molecule has 17 heavy (non-hydrogen) atoms. The highest BCUT2D eigenvalue weighted by Gasteiger charge is 2.39. The highest BCUT2D eigenvalue weighted by Crippen LogP contribution is 2.24. The Morgan fingerprint density at radius 2 is 1.88 bits per heavy atom. The number of hydrogen-bond donors (Lipinski definition) is 2. The number of carbonyl (C=O) groups excluding carboxylic acids is 1. The first-order valence-corrected chi connectivity index (χ1v) is 4.92. The molecule has 0 fully saturated rings. The molecule has 0 radical (unpaired) electrons. The van der Waals surface area contributed by atoms with Crippen LogP contribution in [0.3, 0.4) is 0 Å². The van der Waals surface area contributed by atoms with Crippen molar-refractivity contribution >= 4 is 33.5 Å². The van der Waals surface area contributed by atoms with E-state index in [0.29, 0.717) is 4.47 Å². The van der Waals surface area contributed by atoms with Crippen molar-refractivity contribution in [3.63, 3.8) is 0 Å². The van der Waals surface area contributed by atoms with Gasteiger partial charge in [-0.05, 0) is 18.2 Å². The van der Waals surface area contributed by atoms with Crippen LogP contribution in [0.25, 0.3) is 0 Å². The number of benzene rings is 1. The van der Waals surface area contributed by atoms with Gasteiger partial charge in [-0.1, -0.05) is 15.9 Å². The third-order valence-electron chi connectivity index (χ3n) is 1.72. The van der Waals surface area contributed by atoms with E-state index in [4.69, 9.17) is 5.11 Å². The van der Waals surface area contributed by atoms with Gasteiger partial charge in [-0.3, -0.25) is 4.79 Å². The number of anilines is 1. The summed E-state index contributed by atoms with van der Waals surface area (Å²) in [5, 5.41) is 10.2. The van der Waals surface area contributed by atoms with Crippen LogP contribution in [0.15, 0.2) is 22.7 Å². The Kier molecular flexibility index (Phi) is 3.76. The van der Waals surface area contributed by atoms with Crippen molar-refractivity contribution in [1.29, 1.82) is 0 Å². The third kappa shape index (κ3) is 3.45. The quantitative estimate of drug-likeness (QED) is 0.882. The largest absolute Gasteiger partial charge is 0.478 e. The van der Waals surface area contributed by atoms with E-state index in [1.165, 1.54) is 11.4 Å². The normalized spacial score (nSPS) is 11.1. The number of halogens is 4. The van der Waals surface area contributed by atoms with Gasteiger partial charge in [0.05, 0.1) is 11.3 Å². The lowest BCUT2D eigenvalue weighted by Crippen LogP contribution is -2.30. The number of rotatable bonds is 2. The Hall–Kier alpha value is -1.57. The zero-order valence-corrected chi connectivity index (χ0v) is 9.59. The molecule has 0 aromatic heterocycles. The second-order valence-electron chi connectivity index (χ2n) is 2.95. The van der Waals surface area contributed by atoms with Gasteiger partial charge in [0.25, 0.3) is 0 Å². The molecule has 0 atom stereocenters. The predicted molar refractivity (Wildman–Crippen MR) is 55.8 cm³/mol. The molecule has 0 heterocycles. The van der Waals surface area contributed by atoms with Crippen LogP contribution in [0.1, 0.15) is 10.4 Å². The first kappa shape index (κ1) is 13.5. The van der Waals surface area contributed by atoms with Crippen LogP contribution in [-0.4, -0.2) is 23.2 Å². The molecule has 0 saturated carbocycles. The van der Waals surface area contributed by atoms with Gasteiger partial charge in [0.2, 0.25) is 0 Å². The fourth-order valence-corrected chi connectivity index (χ4v) is 1.36. The van der Waals surface area contributed by atoms with Crippen molar-refractivity contribution in [1.82, 2.24) is 0 Å². The summed E-state index contributed by atoms with van der Waals surface area (Å²) in [5.41, 5.74) is -0.847. The molecule has 4 nitrogen and oxygen atoms in total. The lowest BCUT2D eigenvalue weighted by atomic mass is 10.2. The third-order valence-corrected chi connectivity index (χ3v) is 2.21. The first-order valence-electron chi connectivity index (χ1n) is 4.13. The zero-order valence-electron chi connectivity index (χ0n) is 8.01. The second-order valence-corrected chi connectivity index (χ2v) is 3.86. The van der Waals surface area contributed by atoms with Crippen molar-refractivity contribution in [2.24, 2.45) is 0 Å². The van der Waals surface area contributed by atoms with Crippen LogP contribution in [0.4, 0.5) is 18.9 Å². The minimum atomic E-state index is -5.07. The van der Waals surface area contributed by atoms with Crippen LogP contribution in [-0.2, 0) is 4.79 Å². The second kappa shape index (κ2) is 4.74. The number of carboxylic acids is 1. The van der Waals surface area contributed by atoms with E-state index >= 15 is 0 Å². The lowest BCUT2D eigenvalue weighted by molar-refractivity contribution is -0.167. The number of alkyl halides is 3. The monoisotopic (exact) mass is 311 g/mol. The Bertz CT molecular complexity index is 473. The van der Waals surface area contributed by atoms with E-state index in [1.807, 2.05) is 0 Å². The minimum absolute atomic E-state index is 0.347. The molecule has 8 heteroatoms. The number of amides is 1. The topological polar surface area (TPSA) is 66.4 Å². The van der Waals surface area contributed by atoms with Gasteiger partial charge in [0.15, 0.2) is 0 Å². The highest BCUT2D eigenvalue weighted by molar-refractivity contribution is 9.10. The SMILES string of the molecule is O=C(O)c1ccc(Br)cc1NC(=O)C(F)(F)F. The van der Waals surface area contributed by atoms with Crippen LogP contribution in [0, 0.1) is 0 Å². The number of hydrogen-bond acceptors (Lipinski definition) is 2. The minimum Gasteiger partial charge on any atom is -0.478 e. The average Bonchev–Trinajstić information content (AvgIpc) is 2.15. The van der Waals surface area contributed by atoms with Gasteiger partial charge < -0.3 is 10.4 Å². The maximum Gasteiger partial charge on any atom is 0.471 e. The molecule has 1 aromatic carbocycles. The molecule has 92 valence electrons. The first-order chi connectivity index (χ1) is 7.71. The highest BCUT2D eigenvalue weighted by atomic mass is 79.9. The molecule has 1 aromatic rings. The predicted octanol–water partition coefficient (Wildman–Crippen LogP) is 2.65. The molecule has 0 spiro atoms. The number of aromatic carboxylic acids is 1. The molecule has 0 aliphatic rings. The van der Waals surface area contributed by atoms with Gasteiger partial charge in [0, 0.05) is 4.47 Å². The lowest BCUT2D eigenvalue weighted by Gasteiger charge is -2.10. The van der Waals surface area contributed by atoms with E-state index in [-0.39, 0.29) is 0 Å². The van der Waals surface area contributed by atoms with E-state index in [1.54, 1.807) is 0 Å².